The van der Waals surface area contributed by atoms with Gasteiger partial charge in [-0.2, -0.15) is 11.8 Å². The van der Waals surface area contributed by atoms with Crippen LogP contribution in [0.2, 0.25) is 0 Å². The molecule has 2 N–H and O–H groups in total. The zero-order chi connectivity index (χ0) is 10.9. The number of aliphatic hydroxyl groups excluding tert-OH is 1. The Morgan fingerprint density at radius 1 is 1.40 bits per heavy atom. The number of nitrogens with zero attached hydrogens (tertiary/aromatic N) is 2. The topological polar surface area (TPSA) is 58.0 Å². The van der Waals surface area contributed by atoms with Gasteiger partial charge in [0.05, 0.1) is 24.7 Å². The van der Waals surface area contributed by atoms with Crippen LogP contribution in [0.25, 0.3) is 0 Å². The van der Waals surface area contributed by atoms with Gasteiger partial charge in [-0.3, -0.25) is 4.98 Å². The molecule has 0 bridgehead atoms. The Hall–Kier alpha value is -0.810. The standard InChI is InChI=1S/C10H17N3OS/c1-2-3-11-10-7-12-9(6-13-10)8-15-5-4-14/h6-7,14H,2-5,8H2,1H3,(H,11,13). The summed E-state index contributed by atoms with van der Waals surface area (Å²) in [6, 6.07) is 0. The molecular weight excluding hydrogens is 210 g/mol. The second kappa shape index (κ2) is 7.48. The van der Waals surface area contributed by atoms with Crippen LogP contribution in [-0.2, 0) is 5.75 Å². The van der Waals surface area contributed by atoms with Crippen molar-refractivity contribution in [3.05, 3.63) is 18.1 Å². The van der Waals surface area contributed by atoms with Gasteiger partial charge in [-0.15, -0.1) is 0 Å². The molecule has 0 aliphatic rings. The number of rotatable bonds is 7. The molecule has 0 atom stereocenters. The van der Waals surface area contributed by atoms with E-state index >= 15 is 0 Å². The van der Waals surface area contributed by atoms with Crippen LogP contribution < -0.4 is 5.32 Å². The van der Waals surface area contributed by atoms with E-state index in [2.05, 4.69) is 22.2 Å². The first-order valence-electron chi connectivity index (χ1n) is 5.10. The predicted octanol–water partition coefficient (Wildman–Crippen LogP) is 1.52. The van der Waals surface area contributed by atoms with Crippen LogP contribution in [0.5, 0.6) is 0 Å². The number of thioether (sulfide) groups is 1. The lowest BCUT2D eigenvalue weighted by Gasteiger charge is -2.04. The largest absolute Gasteiger partial charge is 0.396 e. The highest BCUT2D eigenvalue weighted by Crippen LogP contribution is 2.09. The second-order valence-electron chi connectivity index (χ2n) is 3.10. The summed E-state index contributed by atoms with van der Waals surface area (Å²) in [6.07, 6.45) is 4.61. The van der Waals surface area contributed by atoms with Crippen molar-refractivity contribution in [1.29, 1.82) is 0 Å². The van der Waals surface area contributed by atoms with Crippen molar-refractivity contribution in [2.75, 3.05) is 24.2 Å². The molecule has 1 aromatic rings. The van der Waals surface area contributed by atoms with Crippen molar-refractivity contribution in [3.63, 3.8) is 0 Å². The first-order chi connectivity index (χ1) is 7.36. The maximum absolute atomic E-state index is 8.62. The number of nitrogens with one attached hydrogen (secondary N) is 1. The molecular formula is C10H17N3OS. The second-order valence-corrected chi connectivity index (χ2v) is 4.20. The van der Waals surface area contributed by atoms with Crippen LogP contribution >= 0.6 is 11.8 Å². The fourth-order valence-corrected chi connectivity index (χ4v) is 1.65. The van der Waals surface area contributed by atoms with E-state index in [0.29, 0.717) is 0 Å². The highest BCUT2D eigenvalue weighted by Gasteiger charge is 1.97. The fourth-order valence-electron chi connectivity index (χ4n) is 1.01. The van der Waals surface area contributed by atoms with E-state index in [9.17, 15) is 0 Å². The molecule has 5 heteroatoms. The van der Waals surface area contributed by atoms with Crippen molar-refractivity contribution in [3.8, 4) is 0 Å². The van der Waals surface area contributed by atoms with Crippen LogP contribution in [0.4, 0.5) is 5.82 Å². The fraction of sp³-hybridized carbons (Fsp3) is 0.600. The third-order valence-electron chi connectivity index (χ3n) is 1.75. The highest BCUT2D eigenvalue weighted by molar-refractivity contribution is 7.98. The number of aliphatic hydroxyl groups is 1. The molecule has 4 nitrogen and oxygen atoms in total. The molecule has 1 rings (SSSR count). The lowest BCUT2D eigenvalue weighted by atomic mass is 10.4. The van der Waals surface area contributed by atoms with Crippen LogP contribution in [0, 0.1) is 0 Å². The van der Waals surface area contributed by atoms with Gasteiger partial charge < -0.3 is 10.4 Å². The van der Waals surface area contributed by atoms with Crippen LogP contribution in [-0.4, -0.2) is 34.0 Å². The van der Waals surface area contributed by atoms with Gasteiger partial charge in [-0.05, 0) is 6.42 Å². The highest BCUT2D eigenvalue weighted by atomic mass is 32.2. The monoisotopic (exact) mass is 227 g/mol. The van der Waals surface area contributed by atoms with E-state index in [1.54, 1.807) is 24.2 Å². The first kappa shape index (κ1) is 12.3. The van der Waals surface area contributed by atoms with E-state index in [0.717, 1.165) is 36.0 Å². The van der Waals surface area contributed by atoms with Crippen molar-refractivity contribution in [2.45, 2.75) is 19.1 Å². The molecule has 84 valence electrons. The summed E-state index contributed by atoms with van der Waals surface area (Å²) in [4.78, 5) is 8.52. The molecule has 1 aromatic heterocycles. The minimum Gasteiger partial charge on any atom is -0.396 e. The van der Waals surface area contributed by atoms with Gasteiger partial charge in [-0.25, -0.2) is 4.98 Å². The molecule has 0 saturated carbocycles. The van der Waals surface area contributed by atoms with Crippen LogP contribution in [0.15, 0.2) is 12.4 Å². The van der Waals surface area contributed by atoms with Gasteiger partial charge in [0.1, 0.15) is 5.82 Å². The summed E-state index contributed by atoms with van der Waals surface area (Å²) in [5.41, 5.74) is 0.954. The molecule has 0 fully saturated rings. The number of anilines is 1. The Bertz CT molecular complexity index is 266. The SMILES string of the molecule is CCCNc1cnc(CSCCO)cn1. The summed E-state index contributed by atoms with van der Waals surface area (Å²) >= 11 is 1.66. The number of hydrogen-bond acceptors (Lipinski definition) is 5. The van der Waals surface area contributed by atoms with Gasteiger partial charge in [0, 0.05) is 18.1 Å². The minimum absolute atomic E-state index is 0.217. The van der Waals surface area contributed by atoms with Crippen molar-refractivity contribution >= 4 is 17.6 Å². The van der Waals surface area contributed by atoms with Gasteiger partial charge in [0.2, 0.25) is 0 Å². The molecule has 0 radical (unpaired) electrons. The average molecular weight is 227 g/mol. The smallest absolute Gasteiger partial charge is 0.144 e. The lowest BCUT2D eigenvalue weighted by molar-refractivity contribution is 0.322. The third kappa shape index (κ3) is 4.99. The normalized spacial score (nSPS) is 10.3. The van der Waals surface area contributed by atoms with E-state index in [1.807, 2.05) is 0 Å². The Morgan fingerprint density at radius 3 is 2.87 bits per heavy atom. The molecule has 0 amide bonds. The zero-order valence-corrected chi connectivity index (χ0v) is 9.76. The summed E-state index contributed by atoms with van der Waals surface area (Å²) in [6.45, 7) is 3.25. The quantitative estimate of drug-likeness (QED) is 0.692. The third-order valence-corrected chi connectivity index (χ3v) is 2.72. The maximum Gasteiger partial charge on any atom is 0.144 e. The molecule has 0 aliphatic heterocycles. The first-order valence-corrected chi connectivity index (χ1v) is 6.25. The Kier molecular flexibility index (Phi) is 6.11. The molecule has 0 unspecified atom stereocenters. The molecule has 0 aromatic carbocycles. The van der Waals surface area contributed by atoms with Crippen molar-refractivity contribution in [2.24, 2.45) is 0 Å². The minimum atomic E-state index is 0.217. The molecule has 0 aliphatic carbocycles. The van der Waals surface area contributed by atoms with Gasteiger partial charge in [0.25, 0.3) is 0 Å². The van der Waals surface area contributed by atoms with Crippen molar-refractivity contribution in [1.82, 2.24) is 9.97 Å². The molecule has 1 heterocycles. The number of aromatic nitrogens is 2. The van der Waals surface area contributed by atoms with E-state index in [4.69, 9.17) is 5.11 Å². The predicted molar refractivity (Wildman–Crippen MR) is 64.1 cm³/mol. The van der Waals surface area contributed by atoms with Gasteiger partial charge in [-0.1, -0.05) is 6.92 Å². The number of hydrogen-bond donors (Lipinski definition) is 2. The van der Waals surface area contributed by atoms with Gasteiger partial charge in [0.15, 0.2) is 0 Å². The maximum atomic E-state index is 8.62. The van der Waals surface area contributed by atoms with E-state index in [-0.39, 0.29) is 6.61 Å². The Balaban J connectivity index is 2.35. The molecule has 0 saturated heterocycles. The van der Waals surface area contributed by atoms with Crippen molar-refractivity contribution < 1.29 is 5.11 Å². The molecule has 0 spiro atoms. The Labute approximate surface area is 94.5 Å². The lowest BCUT2D eigenvalue weighted by Crippen LogP contribution is -2.03. The molecule has 15 heavy (non-hydrogen) atoms. The van der Waals surface area contributed by atoms with Gasteiger partial charge >= 0.3 is 0 Å². The Morgan fingerprint density at radius 2 is 2.27 bits per heavy atom. The zero-order valence-electron chi connectivity index (χ0n) is 8.94. The average Bonchev–Trinajstić information content (AvgIpc) is 2.28. The van der Waals surface area contributed by atoms with E-state index < -0.39 is 0 Å². The summed E-state index contributed by atoms with van der Waals surface area (Å²) in [7, 11) is 0. The summed E-state index contributed by atoms with van der Waals surface area (Å²) in [5.74, 6) is 2.38. The summed E-state index contributed by atoms with van der Waals surface area (Å²) < 4.78 is 0. The van der Waals surface area contributed by atoms with Crippen LogP contribution in [0.1, 0.15) is 19.0 Å². The van der Waals surface area contributed by atoms with Crippen LogP contribution in [0.3, 0.4) is 0 Å². The van der Waals surface area contributed by atoms with E-state index in [1.165, 1.54) is 0 Å². The summed E-state index contributed by atoms with van der Waals surface area (Å²) in [5, 5.41) is 11.8.